The zero-order valence-corrected chi connectivity index (χ0v) is 15.7. The molecule has 0 radical (unpaired) electrons. The first-order chi connectivity index (χ1) is 10.7. The van der Waals surface area contributed by atoms with Crippen LogP contribution in [-0.2, 0) is 0 Å². The molecule has 130 valence electrons. The molecule has 1 saturated heterocycles. The van der Waals surface area contributed by atoms with E-state index in [1.807, 2.05) is 6.92 Å². The topological polar surface area (TPSA) is 57.1 Å². The number of β-amino-alcohol motifs (C(OH)–C–C–N with tert-alkyl or cyclic N) is 1. The SMILES string of the molecule is CCNC(=NCCCOc1ccc(F)cc1)N1CC[C@@H](O)C1.I. The number of guanidine groups is 1. The maximum absolute atomic E-state index is 12.8. The lowest BCUT2D eigenvalue weighted by atomic mass is 10.3. The second-order valence-electron chi connectivity index (χ2n) is 5.28. The monoisotopic (exact) mass is 437 g/mol. The summed E-state index contributed by atoms with van der Waals surface area (Å²) in [5, 5.41) is 12.8. The van der Waals surface area contributed by atoms with Crippen LogP contribution in [0, 0.1) is 5.82 Å². The number of halogens is 2. The van der Waals surface area contributed by atoms with Gasteiger partial charge in [-0.05, 0) is 37.6 Å². The molecule has 0 unspecified atom stereocenters. The quantitative estimate of drug-likeness (QED) is 0.310. The van der Waals surface area contributed by atoms with Gasteiger partial charge in [-0.1, -0.05) is 0 Å². The van der Waals surface area contributed by atoms with E-state index < -0.39 is 0 Å². The minimum atomic E-state index is -0.264. The minimum Gasteiger partial charge on any atom is -0.494 e. The summed E-state index contributed by atoms with van der Waals surface area (Å²) in [6.07, 6.45) is 1.31. The zero-order chi connectivity index (χ0) is 15.8. The molecule has 1 aromatic rings. The van der Waals surface area contributed by atoms with Crippen molar-refractivity contribution in [1.29, 1.82) is 0 Å². The van der Waals surface area contributed by atoms with E-state index in [0.29, 0.717) is 25.4 Å². The van der Waals surface area contributed by atoms with Gasteiger partial charge in [-0.25, -0.2) is 4.39 Å². The summed E-state index contributed by atoms with van der Waals surface area (Å²) >= 11 is 0. The van der Waals surface area contributed by atoms with Crippen molar-refractivity contribution in [3.05, 3.63) is 30.1 Å². The molecule has 0 aliphatic carbocycles. The Morgan fingerprint density at radius 2 is 2.17 bits per heavy atom. The highest BCUT2D eigenvalue weighted by atomic mass is 127. The molecule has 5 nitrogen and oxygen atoms in total. The standard InChI is InChI=1S/C16H24FN3O2.HI/c1-2-18-16(20-10-8-14(21)12-20)19-9-3-11-22-15-6-4-13(17)5-7-15;/h4-7,14,21H,2-3,8-12H2,1H3,(H,18,19);1H/t14-;/m1./s1. The molecule has 0 bridgehead atoms. The Balaban J connectivity index is 0.00000264. The smallest absolute Gasteiger partial charge is 0.194 e. The van der Waals surface area contributed by atoms with Crippen LogP contribution < -0.4 is 10.1 Å². The third kappa shape index (κ3) is 6.90. The van der Waals surface area contributed by atoms with Crippen LogP contribution in [0.5, 0.6) is 5.75 Å². The van der Waals surface area contributed by atoms with E-state index in [2.05, 4.69) is 15.2 Å². The highest BCUT2D eigenvalue weighted by molar-refractivity contribution is 14.0. The van der Waals surface area contributed by atoms with E-state index in [1.54, 1.807) is 12.1 Å². The van der Waals surface area contributed by atoms with Crippen LogP contribution in [0.15, 0.2) is 29.3 Å². The molecule has 1 heterocycles. The van der Waals surface area contributed by atoms with E-state index in [1.165, 1.54) is 12.1 Å². The Bertz CT molecular complexity index is 485. The molecular weight excluding hydrogens is 412 g/mol. The van der Waals surface area contributed by atoms with Gasteiger partial charge in [0.1, 0.15) is 11.6 Å². The van der Waals surface area contributed by atoms with Crippen LogP contribution in [-0.4, -0.2) is 54.9 Å². The van der Waals surface area contributed by atoms with Gasteiger partial charge in [-0.15, -0.1) is 24.0 Å². The van der Waals surface area contributed by atoms with Gasteiger partial charge in [0, 0.05) is 32.6 Å². The normalized spacial score (nSPS) is 17.8. The Kier molecular flexibility index (Phi) is 9.23. The molecular formula is C16H25FIN3O2. The van der Waals surface area contributed by atoms with Gasteiger partial charge in [-0.3, -0.25) is 4.99 Å². The fourth-order valence-corrected chi connectivity index (χ4v) is 2.33. The Labute approximate surface area is 153 Å². The fraction of sp³-hybridized carbons (Fsp3) is 0.562. The second-order valence-corrected chi connectivity index (χ2v) is 5.28. The lowest BCUT2D eigenvalue weighted by molar-refractivity contribution is 0.187. The van der Waals surface area contributed by atoms with Crippen LogP contribution >= 0.6 is 24.0 Å². The molecule has 0 saturated carbocycles. The van der Waals surface area contributed by atoms with Crippen molar-refractivity contribution in [1.82, 2.24) is 10.2 Å². The number of hydrogen-bond donors (Lipinski definition) is 2. The van der Waals surface area contributed by atoms with Crippen LogP contribution in [0.4, 0.5) is 4.39 Å². The Morgan fingerprint density at radius 3 is 2.78 bits per heavy atom. The molecule has 0 amide bonds. The third-order valence-corrected chi connectivity index (χ3v) is 3.44. The molecule has 1 aromatic carbocycles. The maximum Gasteiger partial charge on any atom is 0.194 e. The average molecular weight is 437 g/mol. The number of rotatable bonds is 6. The Morgan fingerprint density at radius 1 is 1.43 bits per heavy atom. The maximum atomic E-state index is 12.8. The van der Waals surface area contributed by atoms with Crippen molar-refractivity contribution in [3.8, 4) is 5.75 Å². The number of ether oxygens (including phenoxy) is 1. The van der Waals surface area contributed by atoms with E-state index >= 15 is 0 Å². The summed E-state index contributed by atoms with van der Waals surface area (Å²) in [4.78, 5) is 6.63. The van der Waals surface area contributed by atoms with Gasteiger partial charge in [0.05, 0.1) is 12.7 Å². The molecule has 1 fully saturated rings. The van der Waals surface area contributed by atoms with Crippen molar-refractivity contribution in [3.63, 3.8) is 0 Å². The van der Waals surface area contributed by atoms with Gasteiger partial charge in [-0.2, -0.15) is 0 Å². The van der Waals surface area contributed by atoms with E-state index in [9.17, 15) is 9.50 Å². The largest absolute Gasteiger partial charge is 0.494 e. The predicted molar refractivity (Wildman–Crippen MR) is 100 cm³/mol. The van der Waals surface area contributed by atoms with Crippen molar-refractivity contribution in [2.75, 3.05) is 32.8 Å². The Hall–Kier alpha value is -1.09. The summed E-state index contributed by atoms with van der Waals surface area (Å²) < 4.78 is 18.3. The molecule has 23 heavy (non-hydrogen) atoms. The lowest BCUT2D eigenvalue weighted by Crippen LogP contribution is -2.40. The van der Waals surface area contributed by atoms with Crippen molar-refractivity contribution < 1.29 is 14.2 Å². The summed E-state index contributed by atoms with van der Waals surface area (Å²) in [6.45, 7) is 5.49. The zero-order valence-electron chi connectivity index (χ0n) is 13.4. The summed E-state index contributed by atoms with van der Waals surface area (Å²) in [7, 11) is 0. The highest BCUT2D eigenvalue weighted by Crippen LogP contribution is 2.11. The molecule has 0 aromatic heterocycles. The van der Waals surface area contributed by atoms with Gasteiger partial charge in [0.25, 0.3) is 0 Å². The molecule has 1 aliphatic rings. The first kappa shape index (κ1) is 20.0. The van der Waals surface area contributed by atoms with Gasteiger partial charge in [0.2, 0.25) is 0 Å². The van der Waals surface area contributed by atoms with Crippen molar-refractivity contribution >= 4 is 29.9 Å². The molecule has 1 atom stereocenters. The first-order valence-corrected chi connectivity index (χ1v) is 7.78. The number of aliphatic hydroxyl groups excluding tert-OH is 1. The number of aliphatic imine (C=N–C) groups is 1. The first-order valence-electron chi connectivity index (χ1n) is 7.78. The fourth-order valence-electron chi connectivity index (χ4n) is 2.33. The van der Waals surface area contributed by atoms with Gasteiger partial charge >= 0.3 is 0 Å². The van der Waals surface area contributed by atoms with E-state index in [-0.39, 0.29) is 35.9 Å². The van der Waals surface area contributed by atoms with Crippen LogP contribution in [0.25, 0.3) is 0 Å². The highest BCUT2D eigenvalue weighted by Gasteiger charge is 2.22. The lowest BCUT2D eigenvalue weighted by Gasteiger charge is -2.20. The second kappa shape index (κ2) is 10.6. The molecule has 7 heteroatoms. The molecule has 0 spiro atoms. The minimum absolute atomic E-state index is 0. The number of hydrogen-bond acceptors (Lipinski definition) is 3. The number of likely N-dealkylation sites (tertiary alicyclic amines) is 1. The average Bonchev–Trinajstić information content (AvgIpc) is 2.94. The number of nitrogens with one attached hydrogen (secondary N) is 1. The summed E-state index contributed by atoms with van der Waals surface area (Å²) in [5.74, 6) is 1.25. The van der Waals surface area contributed by atoms with Crippen LogP contribution in [0.1, 0.15) is 19.8 Å². The van der Waals surface area contributed by atoms with Crippen molar-refractivity contribution in [2.24, 2.45) is 4.99 Å². The van der Waals surface area contributed by atoms with Crippen LogP contribution in [0.2, 0.25) is 0 Å². The predicted octanol–water partition coefficient (Wildman–Crippen LogP) is 2.24. The van der Waals surface area contributed by atoms with E-state index in [4.69, 9.17) is 4.74 Å². The third-order valence-electron chi connectivity index (χ3n) is 3.44. The number of aliphatic hydroxyl groups is 1. The number of nitrogens with zero attached hydrogens (tertiary/aromatic N) is 2. The van der Waals surface area contributed by atoms with Gasteiger partial charge in [0.15, 0.2) is 5.96 Å². The molecule has 2 N–H and O–H groups in total. The molecule has 2 rings (SSSR count). The molecule has 1 aliphatic heterocycles. The van der Waals surface area contributed by atoms with Gasteiger partial charge < -0.3 is 20.1 Å². The van der Waals surface area contributed by atoms with E-state index in [0.717, 1.165) is 31.9 Å². The number of benzene rings is 1. The summed E-state index contributed by atoms with van der Waals surface area (Å²) in [6, 6.07) is 6.01. The van der Waals surface area contributed by atoms with Crippen LogP contribution in [0.3, 0.4) is 0 Å². The summed E-state index contributed by atoms with van der Waals surface area (Å²) in [5.41, 5.74) is 0. The van der Waals surface area contributed by atoms with Crippen molar-refractivity contribution in [2.45, 2.75) is 25.9 Å².